The highest BCUT2D eigenvalue weighted by molar-refractivity contribution is 6.76. The van der Waals surface area contributed by atoms with Crippen LogP contribution >= 0.6 is 0 Å². The van der Waals surface area contributed by atoms with Crippen molar-refractivity contribution in [2.75, 3.05) is 19.9 Å². The van der Waals surface area contributed by atoms with Crippen molar-refractivity contribution in [3.05, 3.63) is 29.6 Å². The molecule has 1 fully saturated rings. The number of ether oxygens (including phenoxy) is 1. The van der Waals surface area contributed by atoms with Crippen LogP contribution in [0.25, 0.3) is 0 Å². The van der Waals surface area contributed by atoms with Crippen LogP contribution in [-0.2, 0) is 4.74 Å². The first-order valence-corrected chi connectivity index (χ1v) is 15.3. The lowest BCUT2D eigenvalue weighted by molar-refractivity contribution is -0.155. The molecular formula is C23H36F3N3O2Si. The van der Waals surface area contributed by atoms with Gasteiger partial charge in [-0.15, -0.1) is 0 Å². The van der Waals surface area contributed by atoms with Crippen molar-refractivity contribution in [2.24, 2.45) is 10.9 Å². The van der Waals surface area contributed by atoms with E-state index in [9.17, 15) is 18.3 Å². The van der Waals surface area contributed by atoms with E-state index in [1.54, 1.807) is 18.0 Å². The number of amidine groups is 1. The van der Waals surface area contributed by atoms with E-state index >= 15 is 0 Å². The fourth-order valence-electron chi connectivity index (χ4n) is 4.40. The number of aliphatic imine (C=N–C) groups is 1. The average molecular weight is 472 g/mol. The highest BCUT2D eigenvalue weighted by Gasteiger charge is 2.49. The fraction of sp³-hybridized carbons (Fsp3) is 0.739. The topological polar surface area (TPSA) is 58.0 Å². The Hall–Kier alpha value is -1.45. The van der Waals surface area contributed by atoms with Crippen LogP contribution in [0.3, 0.4) is 0 Å². The zero-order chi connectivity index (χ0) is 23.5. The summed E-state index contributed by atoms with van der Waals surface area (Å²) in [6, 6.07) is 2.10. The lowest BCUT2D eigenvalue weighted by atomic mass is 9.80. The van der Waals surface area contributed by atoms with E-state index in [-0.39, 0.29) is 13.3 Å². The molecular weight excluding hydrogens is 435 g/mol. The second kappa shape index (κ2) is 10.2. The van der Waals surface area contributed by atoms with Crippen LogP contribution in [0.5, 0.6) is 0 Å². The molecule has 32 heavy (non-hydrogen) atoms. The molecule has 9 heteroatoms. The van der Waals surface area contributed by atoms with Gasteiger partial charge in [-0.25, -0.2) is 0 Å². The Morgan fingerprint density at radius 1 is 1.16 bits per heavy atom. The van der Waals surface area contributed by atoms with Crippen molar-refractivity contribution in [3.63, 3.8) is 0 Å². The number of pyridine rings is 1. The molecule has 0 aromatic carbocycles. The SMILES string of the molecule is CC1[C@H](C(F)(F)F)N=C(c2ccc(C3CCC(CO)CC3)nc2)N1COCC[Si](C)(C)C. The second-order valence-corrected chi connectivity index (χ2v) is 16.0. The second-order valence-electron chi connectivity index (χ2n) is 10.4. The molecule has 1 saturated carbocycles. The zero-order valence-electron chi connectivity index (χ0n) is 19.5. The molecule has 0 amide bonds. The fourth-order valence-corrected chi connectivity index (χ4v) is 5.16. The lowest BCUT2D eigenvalue weighted by Gasteiger charge is -2.29. The number of aliphatic hydroxyl groups is 1. The summed E-state index contributed by atoms with van der Waals surface area (Å²) in [4.78, 5) is 10.3. The summed E-state index contributed by atoms with van der Waals surface area (Å²) in [5.41, 5.74) is 1.55. The number of aliphatic hydroxyl groups excluding tert-OH is 1. The Balaban J connectivity index is 1.73. The maximum atomic E-state index is 13.6. The van der Waals surface area contributed by atoms with Crippen LogP contribution in [0.1, 0.15) is 49.8 Å². The molecule has 2 heterocycles. The minimum atomic E-state index is -4.41. The smallest absolute Gasteiger partial charge is 0.396 e. The standard InChI is InChI=1S/C23H36F3N3O2Si/c1-16-21(23(24,25)26)28-22(29(16)15-31-11-12-32(2,3)4)19-9-10-20(27-13-19)18-7-5-17(14-30)6-8-18/h9-10,13,16-18,21,30H,5-8,11-12,14-15H2,1-4H3/t16?,17?,18?,21-/m1/s1. The number of aromatic nitrogens is 1. The summed E-state index contributed by atoms with van der Waals surface area (Å²) < 4.78 is 46.5. The maximum Gasteiger partial charge on any atom is 0.412 e. The van der Waals surface area contributed by atoms with Gasteiger partial charge in [-0.05, 0) is 56.7 Å². The Labute approximate surface area is 190 Å². The van der Waals surface area contributed by atoms with Crippen molar-refractivity contribution in [1.82, 2.24) is 9.88 Å². The van der Waals surface area contributed by atoms with Gasteiger partial charge in [0.1, 0.15) is 12.6 Å². The molecule has 1 aromatic heterocycles. The number of alkyl halides is 3. The van der Waals surface area contributed by atoms with Crippen LogP contribution in [0.2, 0.25) is 25.7 Å². The molecule has 180 valence electrons. The van der Waals surface area contributed by atoms with Crippen LogP contribution < -0.4 is 0 Å². The molecule has 1 aliphatic heterocycles. The van der Waals surface area contributed by atoms with Gasteiger partial charge in [0.15, 0.2) is 6.04 Å². The highest BCUT2D eigenvalue weighted by Crippen LogP contribution is 2.36. The van der Waals surface area contributed by atoms with E-state index in [0.717, 1.165) is 37.4 Å². The normalized spacial score (nSPS) is 27.0. The van der Waals surface area contributed by atoms with Crippen LogP contribution in [0.15, 0.2) is 23.3 Å². The molecule has 3 rings (SSSR count). The lowest BCUT2D eigenvalue weighted by Crippen LogP contribution is -2.44. The number of halogens is 3. The van der Waals surface area contributed by atoms with Crippen molar-refractivity contribution >= 4 is 13.9 Å². The largest absolute Gasteiger partial charge is 0.412 e. The van der Waals surface area contributed by atoms with Gasteiger partial charge in [0.2, 0.25) is 0 Å². The van der Waals surface area contributed by atoms with E-state index in [0.29, 0.717) is 29.8 Å². The van der Waals surface area contributed by atoms with Crippen LogP contribution in [0, 0.1) is 5.92 Å². The van der Waals surface area contributed by atoms with Crippen molar-refractivity contribution in [3.8, 4) is 0 Å². The Morgan fingerprint density at radius 2 is 1.84 bits per heavy atom. The molecule has 0 saturated heterocycles. The Morgan fingerprint density at radius 3 is 2.38 bits per heavy atom. The van der Waals surface area contributed by atoms with Crippen LogP contribution in [-0.4, -0.2) is 67.1 Å². The molecule has 1 unspecified atom stereocenters. The predicted molar refractivity (Wildman–Crippen MR) is 123 cm³/mol. The van der Waals surface area contributed by atoms with Crippen LogP contribution in [0.4, 0.5) is 13.2 Å². The van der Waals surface area contributed by atoms with Gasteiger partial charge >= 0.3 is 6.18 Å². The predicted octanol–water partition coefficient (Wildman–Crippen LogP) is 5.04. The molecule has 1 N–H and O–H groups in total. The van der Waals surface area contributed by atoms with Gasteiger partial charge in [0.05, 0.1) is 6.04 Å². The minimum absolute atomic E-state index is 0.0873. The molecule has 2 aliphatic rings. The maximum absolute atomic E-state index is 13.6. The summed E-state index contributed by atoms with van der Waals surface area (Å²) in [7, 11) is -1.28. The molecule has 0 radical (unpaired) electrons. The summed E-state index contributed by atoms with van der Waals surface area (Å²) in [5.74, 6) is 1.00. The quantitative estimate of drug-likeness (QED) is 0.426. The zero-order valence-corrected chi connectivity index (χ0v) is 20.5. The summed E-state index contributed by atoms with van der Waals surface area (Å²) in [5, 5.41) is 9.33. The molecule has 0 spiro atoms. The summed E-state index contributed by atoms with van der Waals surface area (Å²) in [6.07, 6.45) is 1.14. The van der Waals surface area contributed by atoms with Gasteiger partial charge in [0, 0.05) is 44.7 Å². The van der Waals surface area contributed by atoms with E-state index in [1.807, 2.05) is 12.1 Å². The third-order valence-electron chi connectivity index (χ3n) is 6.61. The summed E-state index contributed by atoms with van der Waals surface area (Å²) >= 11 is 0. The number of rotatable bonds is 8. The minimum Gasteiger partial charge on any atom is -0.396 e. The first-order valence-electron chi connectivity index (χ1n) is 11.6. The number of hydrogen-bond acceptors (Lipinski definition) is 5. The van der Waals surface area contributed by atoms with Gasteiger partial charge in [-0.3, -0.25) is 9.98 Å². The molecule has 2 atom stereocenters. The van der Waals surface area contributed by atoms with E-state index in [4.69, 9.17) is 4.74 Å². The van der Waals surface area contributed by atoms with Crippen molar-refractivity contribution in [2.45, 2.75) is 82.5 Å². The highest BCUT2D eigenvalue weighted by atomic mass is 28.3. The monoisotopic (exact) mass is 471 g/mol. The Kier molecular flexibility index (Phi) is 8.04. The van der Waals surface area contributed by atoms with Gasteiger partial charge in [-0.1, -0.05) is 19.6 Å². The molecule has 1 aliphatic carbocycles. The van der Waals surface area contributed by atoms with Gasteiger partial charge in [-0.2, -0.15) is 13.2 Å². The molecule has 1 aromatic rings. The third-order valence-corrected chi connectivity index (χ3v) is 8.32. The van der Waals surface area contributed by atoms with Crippen molar-refractivity contribution < 1.29 is 23.0 Å². The van der Waals surface area contributed by atoms with Gasteiger partial charge < -0.3 is 14.7 Å². The van der Waals surface area contributed by atoms with E-state index < -0.39 is 26.3 Å². The first kappa shape index (κ1) is 25.2. The molecule has 5 nitrogen and oxygen atoms in total. The number of nitrogens with zero attached hydrogens (tertiary/aromatic N) is 3. The average Bonchev–Trinajstić information content (AvgIpc) is 3.07. The van der Waals surface area contributed by atoms with E-state index in [1.165, 1.54) is 0 Å². The molecule has 0 bridgehead atoms. The number of hydrogen-bond donors (Lipinski definition) is 1. The van der Waals surface area contributed by atoms with Gasteiger partial charge in [0.25, 0.3) is 0 Å². The Bertz CT molecular complexity index is 772. The van der Waals surface area contributed by atoms with Crippen molar-refractivity contribution in [1.29, 1.82) is 0 Å². The third kappa shape index (κ3) is 6.32. The summed E-state index contributed by atoms with van der Waals surface area (Å²) in [6.45, 7) is 9.13. The first-order chi connectivity index (χ1) is 15.0. The van der Waals surface area contributed by atoms with E-state index in [2.05, 4.69) is 29.6 Å².